The van der Waals surface area contributed by atoms with Gasteiger partial charge >= 0.3 is 5.97 Å². The van der Waals surface area contributed by atoms with Gasteiger partial charge in [0.05, 0.1) is 37.1 Å². The fourth-order valence-electron chi connectivity index (χ4n) is 7.35. The highest BCUT2D eigenvalue weighted by Gasteiger charge is 2.77. The number of allylic oxidation sites excluding steroid dienone is 1. The number of hydrogen-bond acceptors (Lipinski definition) is 8. The number of benzene rings is 1. The van der Waals surface area contributed by atoms with Crippen molar-refractivity contribution >= 4 is 51.0 Å². The Morgan fingerprint density at radius 3 is 2.40 bits per heavy atom. The van der Waals surface area contributed by atoms with Crippen molar-refractivity contribution in [1.82, 2.24) is 10.2 Å². The first-order valence-corrected chi connectivity index (χ1v) is 17.5. The molecule has 47 heavy (non-hydrogen) atoms. The first kappa shape index (κ1) is 36.6. The van der Waals surface area contributed by atoms with Crippen LogP contribution in [0.3, 0.4) is 0 Å². The van der Waals surface area contributed by atoms with Crippen LogP contribution in [0.4, 0.5) is 11.4 Å². The molecular formula is C35H49BrN4O7. The second-order valence-corrected chi connectivity index (χ2v) is 13.6. The number of nitrogens with one attached hydrogen (secondary N) is 1. The van der Waals surface area contributed by atoms with Crippen LogP contribution in [0.2, 0.25) is 0 Å². The maximum atomic E-state index is 14.8. The van der Waals surface area contributed by atoms with E-state index < -0.39 is 53.6 Å². The van der Waals surface area contributed by atoms with Gasteiger partial charge in [-0.05, 0) is 64.3 Å². The lowest BCUT2D eigenvalue weighted by Crippen LogP contribution is -2.59. The van der Waals surface area contributed by atoms with Crippen molar-refractivity contribution in [2.75, 3.05) is 42.6 Å². The fraction of sp³-hybridized carbons (Fsp3) is 0.600. The van der Waals surface area contributed by atoms with E-state index in [1.165, 1.54) is 4.90 Å². The number of aliphatic hydroxyl groups excluding tert-OH is 1. The molecule has 3 amide bonds. The maximum absolute atomic E-state index is 14.8. The van der Waals surface area contributed by atoms with Gasteiger partial charge in [-0.1, -0.05) is 35.0 Å². The van der Waals surface area contributed by atoms with Gasteiger partial charge in [0.25, 0.3) is 5.91 Å². The number of carbonyl (C=O) groups is 4. The number of aliphatic hydroxyl groups is 1. The summed E-state index contributed by atoms with van der Waals surface area (Å²) in [4.78, 5) is 60.0. The van der Waals surface area contributed by atoms with Crippen molar-refractivity contribution in [1.29, 1.82) is 0 Å². The van der Waals surface area contributed by atoms with Gasteiger partial charge in [0.2, 0.25) is 11.8 Å². The normalized spacial score (nSPS) is 27.1. The average Bonchev–Trinajstić information content (AvgIpc) is 3.66. The van der Waals surface area contributed by atoms with E-state index in [0.29, 0.717) is 24.9 Å². The summed E-state index contributed by atoms with van der Waals surface area (Å²) in [6.07, 6.45) is 3.47. The van der Waals surface area contributed by atoms with Gasteiger partial charge in [-0.2, -0.15) is 0 Å². The van der Waals surface area contributed by atoms with Crippen molar-refractivity contribution in [3.63, 3.8) is 0 Å². The molecule has 3 heterocycles. The van der Waals surface area contributed by atoms with Crippen LogP contribution in [0, 0.1) is 11.8 Å². The van der Waals surface area contributed by atoms with E-state index in [0.717, 1.165) is 18.8 Å². The van der Waals surface area contributed by atoms with Gasteiger partial charge in [0.15, 0.2) is 0 Å². The Bertz CT molecular complexity index is 1320. The molecule has 1 unspecified atom stereocenters. The summed E-state index contributed by atoms with van der Waals surface area (Å²) >= 11 is 3.69. The molecule has 11 nitrogen and oxygen atoms in total. The lowest BCUT2D eigenvalue weighted by Gasteiger charge is -2.39. The minimum Gasteiger partial charge on any atom is -0.460 e. The van der Waals surface area contributed by atoms with Crippen molar-refractivity contribution in [3.05, 3.63) is 49.6 Å². The summed E-state index contributed by atoms with van der Waals surface area (Å²) in [5.74, 6) is -3.53. The molecule has 4 rings (SSSR count). The zero-order valence-electron chi connectivity index (χ0n) is 27.9. The summed E-state index contributed by atoms with van der Waals surface area (Å²) in [7, 11) is 0. The monoisotopic (exact) mass is 716 g/mol. The van der Waals surface area contributed by atoms with E-state index >= 15 is 0 Å². The third kappa shape index (κ3) is 7.00. The van der Waals surface area contributed by atoms with Crippen LogP contribution < -0.4 is 15.1 Å². The first-order valence-electron chi connectivity index (χ1n) is 16.6. The number of ether oxygens (including phenoxy) is 2. The standard InChI is InChI=1S/C35H49BrN4O7/c1-7-12-13-27(42)37-20-22(6)46-34(45)28-29-32(43)40(23(9-3)21-41)31(35(29)19-26(36)30(28)47-35)33(44)39(18-8-2)25-16-14-24(15-17-25)38(10-4)11-5/h7-8,14-17,22-23,26,28-31,41H,1-2,9-13,18-21H2,3-6H3,(H,37,42)/t22-,23-,26?,28+,29-,30+,31+,35-/m0/s1. The van der Waals surface area contributed by atoms with Crippen LogP contribution in [0.5, 0.6) is 0 Å². The third-order valence-corrected chi connectivity index (χ3v) is 10.5. The van der Waals surface area contributed by atoms with Gasteiger partial charge in [-0.3, -0.25) is 19.2 Å². The third-order valence-electron chi connectivity index (χ3n) is 9.66. The molecule has 2 N–H and O–H groups in total. The van der Waals surface area contributed by atoms with E-state index in [2.05, 4.69) is 53.2 Å². The number of hydrogen-bond donors (Lipinski definition) is 2. The summed E-state index contributed by atoms with van der Waals surface area (Å²) in [6, 6.07) is 5.94. The quantitative estimate of drug-likeness (QED) is 0.142. The zero-order valence-corrected chi connectivity index (χ0v) is 29.5. The number of esters is 1. The smallest absolute Gasteiger partial charge is 0.312 e. The molecule has 3 aliphatic rings. The Balaban J connectivity index is 1.67. The second-order valence-electron chi connectivity index (χ2n) is 12.5. The number of nitrogens with zero attached hydrogens (tertiary/aromatic N) is 3. The van der Waals surface area contributed by atoms with E-state index in [1.54, 1.807) is 24.0 Å². The average molecular weight is 718 g/mol. The molecule has 2 bridgehead atoms. The van der Waals surface area contributed by atoms with Crippen LogP contribution in [-0.2, 0) is 28.7 Å². The molecule has 3 fully saturated rings. The Labute approximate surface area is 286 Å². The van der Waals surface area contributed by atoms with Gasteiger partial charge in [0, 0.05) is 42.3 Å². The van der Waals surface area contributed by atoms with Crippen molar-refractivity contribution in [3.8, 4) is 0 Å². The maximum Gasteiger partial charge on any atom is 0.312 e. The van der Waals surface area contributed by atoms with Crippen LogP contribution in [-0.4, -0.2) is 101 Å². The molecular weight excluding hydrogens is 668 g/mol. The lowest BCUT2D eigenvalue weighted by molar-refractivity contribution is -0.159. The molecule has 0 aliphatic carbocycles. The number of likely N-dealkylation sites (tertiary alicyclic amines) is 1. The largest absolute Gasteiger partial charge is 0.460 e. The molecule has 258 valence electrons. The predicted octanol–water partition coefficient (Wildman–Crippen LogP) is 3.58. The van der Waals surface area contributed by atoms with Crippen LogP contribution in [0.25, 0.3) is 0 Å². The summed E-state index contributed by atoms with van der Waals surface area (Å²) in [5, 5.41) is 13.2. The van der Waals surface area contributed by atoms with E-state index in [9.17, 15) is 24.3 Å². The van der Waals surface area contributed by atoms with Gasteiger partial charge in [0.1, 0.15) is 17.7 Å². The zero-order chi connectivity index (χ0) is 34.5. The van der Waals surface area contributed by atoms with Crippen molar-refractivity contribution in [2.45, 2.75) is 88.1 Å². The summed E-state index contributed by atoms with van der Waals surface area (Å²) < 4.78 is 12.4. The van der Waals surface area contributed by atoms with Crippen LogP contribution in [0.15, 0.2) is 49.6 Å². The molecule has 12 heteroatoms. The number of amides is 3. The number of anilines is 2. The number of rotatable bonds is 17. The highest BCUT2D eigenvalue weighted by atomic mass is 79.9. The molecule has 0 saturated carbocycles. The van der Waals surface area contributed by atoms with Crippen molar-refractivity contribution in [2.24, 2.45) is 11.8 Å². The number of alkyl halides is 1. The predicted molar refractivity (Wildman–Crippen MR) is 184 cm³/mol. The van der Waals surface area contributed by atoms with Crippen LogP contribution in [0.1, 0.15) is 53.4 Å². The van der Waals surface area contributed by atoms with Gasteiger partial charge in [-0.25, -0.2) is 0 Å². The van der Waals surface area contributed by atoms with Crippen molar-refractivity contribution < 1.29 is 33.8 Å². The molecule has 1 aromatic rings. The molecule has 1 aromatic carbocycles. The Morgan fingerprint density at radius 2 is 1.83 bits per heavy atom. The minimum atomic E-state index is -1.32. The van der Waals surface area contributed by atoms with Gasteiger partial charge in [-0.15, -0.1) is 13.2 Å². The Kier molecular flexibility index (Phi) is 12.3. The highest BCUT2D eigenvalue weighted by Crippen LogP contribution is 2.61. The molecule has 0 radical (unpaired) electrons. The Hall–Kier alpha value is -3.22. The molecule has 8 atom stereocenters. The first-order chi connectivity index (χ1) is 22.5. The topological polar surface area (TPSA) is 129 Å². The number of carbonyl (C=O) groups excluding carboxylic acids is 4. The highest BCUT2D eigenvalue weighted by molar-refractivity contribution is 9.09. The van der Waals surface area contributed by atoms with E-state index in [-0.39, 0.29) is 42.8 Å². The van der Waals surface area contributed by atoms with Crippen LogP contribution >= 0.6 is 15.9 Å². The number of fused-ring (bicyclic) bond motifs is 1. The summed E-state index contributed by atoms with van der Waals surface area (Å²) in [5.41, 5.74) is 0.347. The number of halogens is 1. The SMILES string of the molecule is C=CCCC(=O)NC[C@H](C)OC(=O)[C@H]1[C@@H]2O[C@@]3(CC2Br)[C@@H]1C(=O)N([C@@H](CC)CO)[C@@H]3C(=O)N(CC=C)c1ccc(N(CC)CC)cc1. The molecule has 3 saturated heterocycles. The lowest BCUT2D eigenvalue weighted by atomic mass is 9.70. The van der Waals surface area contributed by atoms with E-state index in [4.69, 9.17) is 9.47 Å². The van der Waals surface area contributed by atoms with Gasteiger partial charge < -0.3 is 34.6 Å². The molecule has 0 aromatic heterocycles. The Morgan fingerprint density at radius 1 is 1.17 bits per heavy atom. The summed E-state index contributed by atoms with van der Waals surface area (Å²) in [6.45, 7) is 16.8. The minimum absolute atomic E-state index is 0.112. The molecule has 1 spiro atoms. The van der Waals surface area contributed by atoms with E-state index in [1.807, 2.05) is 31.2 Å². The molecule has 3 aliphatic heterocycles. The fourth-order valence-corrected chi connectivity index (χ4v) is 8.30. The second kappa shape index (κ2) is 15.8.